The largest absolute Gasteiger partial charge is 0.463 e. The van der Waals surface area contributed by atoms with Crippen LogP contribution in [0.5, 0.6) is 0 Å². The summed E-state index contributed by atoms with van der Waals surface area (Å²) in [5, 5.41) is 0. The molecule has 1 saturated heterocycles. The molecule has 2 heterocycles. The molecule has 1 fully saturated rings. The van der Waals surface area contributed by atoms with Crippen molar-refractivity contribution >= 4 is 17.9 Å². The van der Waals surface area contributed by atoms with Gasteiger partial charge in [0.15, 0.2) is 18.4 Å². The van der Waals surface area contributed by atoms with E-state index in [-0.39, 0.29) is 0 Å². The number of carbonyl (C=O) groups excluding carboxylic acids is 3. The van der Waals surface area contributed by atoms with E-state index in [0.29, 0.717) is 10.8 Å². The van der Waals surface area contributed by atoms with Gasteiger partial charge in [-0.15, -0.1) is 0 Å². The standard InChI is InChI=1S/C16H20FN3O9/c1-6(21)26-5-10-12(27-7(2)22)13(28-8(3)23)11(18)15(29-10)20-4-9(17)14(24)19-16(20)25/h4,10-13,15H,5,18H2,1-3H3,(H,19,24,25). The summed E-state index contributed by atoms with van der Waals surface area (Å²) in [5.74, 6) is -3.52. The van der Waals surface area contributed by atoms with Gasteiger partial charge >= 0.3 is 23.6 Å². The van der Waals surface area contributed by atoms with E-state index in [9.17, 15) is 28.4 Å². The summed E-state index contributed by atoms with van der Waals surface area (Å²) in [7, 11) is 0. The van der Waals surface area contributed by atoms with Gasteiger partial charge in [-0.3, -0.25) is 28.7 Å². The number of hydrogen-bond acceptors (Lipinski definition) is 10. The van der Waals surface area contributed by atoms with Crippen LogP contribution in [0.15, 0.2) is 15.8 Å². The van der Waals surface area contributed by atoms with E-state index < -0.39 is 72.2 Å². The van der Waals surface area contributed by atoms with Crippen molar-refractivity contribution in [3.05, 3.63) is 32.9 Å². The zero-order valence-corrected chi connectivity index (χ0v) is 15.7. The Kier molecular flexibility index (Phi) is 6.87. The summed E-state index contributed by atoms with van der Waals surface area (Å²) < 4.78 is 35.2. The van der Waals surface area contributed by atoms with Crippen LogP contribution in [0.1, 0.15) is 27.0 Å². The van der Waals surface area contributed by atoms with Crippen molar-refractivity contribution in [3.8, 4) is 0 Å². The summed E-state index contributed by atoms with van der Waals surface area (Å²) >= 11 is 0. The molecule has 0 radical (unpaired) electrons. The fraction of sp³-hybridized carbons (Fsp3) is 0.562. The van der Waals surface area contributed by atoms with E-state index in [2.05, 4.69) is 0 Å². The van der Waals surface area contributed by atoms with Crippen molar-refractivity contribution in [3.63, 3.8) is 0 Å². The minimum atomic E-state index is -1.45. The third kappa shape index (κ3) is 5.26. The average molecular weight is 417 g/mol. The molecule has 0 aliphatic carbocycles. The highest BCUT2D eigenvalue weighted by molar-refractivity contribution is 5.67. The number of esters is 3. The highest BCUT2D eigenvalue weighted by Gasteiger charge is 2.49. The third-order valence-corrected chi connectivity index (χ3v) is 3.97. The molecule has 29 heavy (non-hydrogen) atoms. The number of halogens is 1. The number of aromatic amines is 1. The van der Waals surface area contributed by atoms with Gasteiger partial charge in [-0.1, -0.05) is 0 Å². The van der Waals surface area contributed by atoms with E-state index in [4.69, 9.17) is 24.7 Å². The minimum Gasteiger partial charge on any atom is -0.463 e. The second-order valence-corrected chi connectivity index (χ2v) is 6.24. The van der Waals surface area contributed by atoms with E-state index in [1.54, 1.807) is 4.98 Å². The quantitative estimate of drug-likeness (QED) is 0.417. The summed E-state index contributed by atoms with van der Waals surface area (Å²) in [5.41, 5.74) is 3.77. The fourth-order valence-electron chi connectivity index (χ4n) is 2.85. The second kappa shape index (κ2) is 8.96. The topological polar surface area (TPSA) is 169 Å². The molecular formula is C16H20FN3O9. The number of nitrogens with zero attached hydrogens (tertiary/aromatic N) is 1. The zero-order chi connectivity index (χ0) is 21.9. The third-order valence-electron chi connectivity index (χ3n) is 3.97. The van der Waals surface area contributed by atoms with Gasteiger partial charge in [-0.05, 0) is 0 Å². The number of hydrogen-bond donors (Lipinski definition) is 2. The van der Waals surface area contributed by atoms with Crippen molar-refractivity contribution in [2.75, 3.05) is 6.61 Å². The molecule has 0 bridgehead atoms. The van der Waals surface area contributed by atoms with E-state index in [1.165, 1.54) is 0 Å². The molecule has 1 aliphatic heterocycles. The van der Waals surface area contributed by atoms with Crippen LogP contribution in [0.2, 0.25) is 0 Å². The van der Waals surface area contributed by atoms with Gasteiger partial charge in [-0.25, -0.2) is 4.79 Å². The Labute approximate surface area is 162 Å². The Hall–Kier alpha value is -3.06. The average Bonchev–Trinajstić information content (AvgIpc) is 2.60. The molecular weight excluding hydrogens is 397 g/mol. The van der Waals surface area contributed by atoms with Crippen LogP contribution in [0.25, 0.3) is 0 Å². The van der Waals surface area contributed by atoms with Crippen molar-refractivity contribution < 1.29 is 37.7 Å². The number of nitrogens with one attached hydrogen (secondary N) is 1. The highest BCUT2D eigenvalue weighted by Crippen LogP contribution is 2.30. The van der Waals surface area contributed by atoms with Crippen molar-refractivity contribution in [2.45, 2.75) is 51.4 Å². The lowest BCUT2D eigenvalue weighted by Crippen LogP contribution is -2.63. The van der Waals surface area contributed by atoms with Crippen molar-refractivity contribution in [1.82, 2.24) is 9.55 Å². The van der Waals surface area contributed by atoms with Crippen LogP contribution in [0, 0.1) is 5.82 Å². The van der Waals surface area contributed by atoms with Crippen LogP contribution >= 0.6 is 0 Å². The maximum absolute atomic E-state index is 13.7. The fourth-order valence-corrected chi connectivity index (χ4v) is 2.85. The lowest BCUT2D eigenvalue weighted by atomic mass is 9.96. The maximum atomic E-state index is 13.7. The normalized spacial score (nSPS) is 26.4. The predicted molar refractivity (Wildman–Crippen MR) is 90.9 cm³/mol. The van der Waals surface area contributed by atoms with Crippen LogP contribution < -0.4 is 17.0 Å². The molecule has 5 atom stereocenters. The molecule has 1 aliphatic rings. The number of carbonyl (C=O) groups is 3. The van der Waals surface area contributed by atoms with Gasteiger partial charge in [0.1, 0.15) is 12.7 Å². The van der Waals surface area contributed by atoms with Crippen LogP contribution in [0.3, 0.4) is 0 Å². The summed E-state index contributed by atoms with van der Waals surface area (Å²) in [6, 6.07) is -1.32. The highest BCUT2D eigenvalue weighted by atomic mass is 19.1. The number of ether oxygens (including phenoxy) is 4. The molecule has 5 unspecified atom stereocenters. The number of nitrogens with two attached hydrogens (primary N) is 1. The van der Waals surface area contributed by atoms with Gasteiger partial charge in [0.25, 0.3) is 5.56 Å². The first-order valence-corrected chi connectivity index (χ1v) is 8.41. The molecule has 12 nitrogen and oxygen atoms in total. The molecule has 13 heteroatoms. The molecule has 160 valence electrons. The predicted octanol–water partition coefficient (Wildman–Crippen LogP) is -1.67. The summed E-state index contributed by atoms with van der Waals surface area (Å²) in [6.07, 6.45) is -4.72. The molecule has 2 rings (SSSR count). The Morgan fingerprint density at radius 2 is 1.72 bits per heavy atom. The minimum absolute atomic E-state index is 0.450. The first kappa shape index (κ1) is 22.2. The molecule has 3 N–H and O–H groups in total. The van der Waals surface area contributed by atoms with Crippen molar-refractivity contribution in [2.24, 2.45) is 5.73 Å². The van der Waals surface area contributed by atoms with Crippen molar-refractivity contribution in [1.29, 1.82) is 0 Å². The molecule has 0 amide bonds. The summed E-state index contributed by atoms with van der Waals surface area (Å²) in [4.78, 5) is 59.4. The van der Waals surface area contributed by atoms with E-state index >= 15 is 0 Å². The monoisotopic (exact) mass is 417 g/mol. The van der Waals surface area contributed by atoms with Crippen LogP contribution in [-0.2, 0) is 33.3 Å². The Bertz CT molecular complexity index is 912. The molecule has 1 aromatic rings. The number of rotatable bonds is 5. The Morgan fingerprint density at radius 3 is 2.28 bits per heavy atom. The van der Waals surface area contributed by atoms with Gasteiger partial charge < -0.3 is 24.7 Å². The van der Waals surface area contributed by atoms with Crippen LogP contribution in [0.4, 0.5) is 4.39 Å². The Balaban J connectivity index is 2.51. The van der Waals surface area contributed by atoms with Gasteiger partial charge in [0, 0.05) is 20.8 Å². The number of H-pyrrole nitrogens is 1. The van der Waals surface area contributed by atoms with E-state index in [0.717, 1.165) is 20.8 Å². The Morgan fingerprint density at radius 1 is 1.14 bits per heavy atom. The smallest absolute Gasteiger partial charge is 0.330 e. The van der Waals surface area contributed by atoms with Gasteiger partial charge in [0.05, 0.1) is 12.2 Å². The number of aromatic nitrogens is 2. The lowest BCUT2D eigenvalue weighted by Gasteiger charge is -2.44. The summed E-state index contributed by atoms with van der Waals surface area (Å²) in [6.45, 7) is 2.84. The van der Waals surface area contributed by atoms with Gasteiger partial charge in [-0.2, -0.15) is 4.39 Å². The first-order valence-electron chi connectivity index (χ1n) is 8.41. The molecule has 0 aromatic carbocycles. The lowest BCUT2D eigenvalue weighted by molar-refractivity contribution is -0.234. The maximum Gasteiger partial charge on any atom is 0.330 e. The molecule has 0 saturated carbocycles. The van der Waals surface area contributed by atoms with Gasteiger partial charge in [0.2, 0.25) is 5.82 Å². The van der Waals surface area contributed by atoms with Crippen LogP contribution in [-0.4, -0.2) is 58.4 Å². The van der Waals surface area contributed by atoms with E-state index in [1.807, 2.05) is 0 Å². The second-order valence-electron chi connectivity index (χ2n) is 6.24. The first-order chi connectivity index (χ1) is 13.5. The molecule has 1 aromatic heterocycles. The SMILES string of the molecule is CC(=O)OCC1OC(n2cc(F)c(=O)[nH]c2=O)C(N)C(OC(C)=O)C1OC(C)=O. The zero-order valence-electron chi connectivity index (χ0n) is 15.7. The molecule has 0 spiro atoms.